The minimum atomic E-state index is -0.00997. The van der Waals surface area contributed by atoms with Crippen LogP contribution >= 0.6 is 0 Å². The summed E-state index contributed by atoms with van der Waals surface area (Å²) in [6.07, 6.45) is 7.54. The van der Waals surface area contributed by atoms with Gasteiger partial charge in [0.15, 0.2) is 0 Å². The first-order chi connectivity index (χ1) is 13.2. The minimum Gasteiger partial charge on any atom is -0.372 e. The summed E-state index contributed by atoms with van der Waals surface area (Å²) in [5, 5.41) is 6.45. The van der Waals surface area contributed by atoms with E-state index in [1.54, 1.807) is 12.3 Å². The van der Waals surface area contributed by atoms with E-state index in [0.717, 1.165) is 31.6 Å². The molecule has 1 aromatic carbocycles. The second kappa shape index (κ2) is 9.40. The van der Waals surface area contributed by atoms with E-state index in [1.165, 1.54) is 24.9 Å². The Bertz CT molecular complexity index is 734. The van der Waals surface area contributed by atoms with Crippen LogP contribution in [-0.2, 0) is 0 Å². The number of anilines is 3. The molecule has 5 nitrogen and oxygen atoms in total. The fraction of sp³-hybridized carbons (Fsp3) is 0.455. The van der Waals surface area contributed by atoms with Gasteiger partial charge in [-0.2, -0.15) is 0 Å². The van der Waals surface area contributed by atoms with Gasteiger partial charge in [-0.05, 0) is 63.1 Å². The summed E-state index contributed by atoms with van der Waals surface area (Å²) in [5.41, 5.74) is 2.82. The van der Waals surface area contributed by atoms with Crippen molar-refractivity contribution in [2.24, 2.45) is 0 Å². The fourth-order valence-corrected chi connectivity index (χ4v) is 3.65. The van der Waals surface area contributed by atoms with Gasteiger partial charge in [0.1, 0.15) is 5.82 Å². The molecule has 1 aliphatic rings. The molecule has 0 spiro atoms. The molecule has 0 bridgehead atoms. The van der Waals surface area contributed by atoms with Crippen molar-refractivity contribution in [2.75, 3.05) is 23.3 Å². The number of pyridine rings is 1. The summed E-state index contributed by atoms with van der Waals surface area (Å²) in [6.45, 7) is 6.29. The number of hydrogen-bond acceptors (Lipinski definition) is 4. The largest absolute Gasteiger partial charge is 0.372 e. The van der Waals surface area contributed by atoms with Gasteiger partial charge in [0.2, 0.25) is 0 Å². The first kappa shape index (κ1) is 19.2. The molecule has 0 atom stereocenters. The normalized spacial score (nSPS) is 14.6. The Morgan fingerprint density at radius 1 is 1.07 bits per heavy atom. The molecule has 144 valence electrons. The highest BCUT2D eigenvalue weighted by Crippen LogP contribution is 2.21. The average molecular weight is 367 g/mol. The summed E-state index contributed by atoms with van der Waals surface area (Å²) >= 11 is 0. The van der Waals surface area contributed by atoms with Crippen LogP contribution in [0.5, 0.6) is 0 Å². The molecule has 0 aliphatic heterocycles. The third-order valence-electron chi connectivity index (χ3n) is 5.23. The molecule has 2 aromatic rings. The monoisotopic (exact) mass is 366 g/mol. The molecule has 0 unspecified atom stereocenters. The minimum absolute atomic E-state index is 0.00997. The summed E-state index contributed by atoms with van der Waals surface area (Å²) in [6, 6.07) is 12.2. The Morgan fingerprint density at radius 3 is 2.44 bits per heavy atom. The zero-order chi connectivity index (χ0) is 19.1. The van der Waals surface area contributed by atoms with Gasteiger partial charge in [0, 0.05) is 42.3 Å². The Labute approximate surface area is 162 Å². The molecule has 0 saturated heterocycles. The average Bonchev–Trinajstić information content (AvgIpc) is 2.71. The van der Waals surface area contributed by atoms with Gasteiger partial charge in [-0.15, -0.1) is 0 Å². The zero-order valence-electron chi connectivity index (χ0n) is 16.4. The molecule has 1 amide bonds. The molecule has 2 N–H and O–H groups in total. The third kappa shape index (κ3) is 5.22. The maximum Gasteiger partial charge on any atom is 0.251 e. The fourth-order valence-electron chi connectivity index (χ4n) is 3.65. The van der Waals surface area contributed by atoms with E-state index in [0.29, 0.717) is 17.4 Å². The Kier molecular flexibility index (Phi) is 6.69. The molecule has 1 fully saturated rings. The van der Waals surface area contributed by atoms with Crippen molar-refractivity contribution < 1.29 is 4.79 Å². The van der Waals surface area contributed by atoms with Gasteiger partial charge in [0.25, 0.3) is 5.91 Å². The maximum absolute atomic E-state index is 12.5. The summed E-state index contributed by atoms with van der Waals surface area (Å²) in [5.74, 6) is 0.672. The van der Waals surface area contributed by atoms with E-state index in [-0.39, 0.29) is 5.91 Å². The molecular formula is C22H30N4O. The number of benzene rings is 1. The lowest BCUT2D eigenvalue weighted by Crippen LogP contribution is -2.36. The van der Waals surface area contributed by atoms with Gasteiger partial charge in [-0.1, -0.05) is 19.3 Å². The van der Waals surface area contributed by atoms with E-state index < -0.39 is 0 Å². The number of aromatic nitrogens is 1. The molecule has 0 radical (unpaired) electrons. The SMILES string of the molecule is CCN(CC)c1ccc(Nc2cc(C(=O)NC3CCCCC3)ccn2)cc1. The molecule has 5 heteroatoms. The summed E-state index contributed by atoms with van der Waals surface area (Å²) in [4.78, 5) is 19.2. The van der Waals surface area contributed by atoms with E-state index in [4.69, 9.17) is 0 Å². The van der Waals surface area contributed by atoms with E-state index in [1.807, 2.05) is 18.2 Å². The van der Waals surface area contributed by atoms with Crippen LogP contribution < -0.4 is 15.5 Å². The van der Waals surface area contributed by atoms with Crippen molar-refractivity contribution in [1.29, 1.82) is 0 Å². The van der Waals surface area contributed by atoms with Gasteiger partial charge < -0.3 is 15.5 Å². The summed E-state index contributed by atoms with van der Waals surface area (Å²) < 4.78 is 0. The van der Waals surface area contributed by atoms with E-state index in [9.17, 15) is 4.79 Å². The lowest BCUT2D eigenvalue weighted by Gasteiger charge is -2.22. The van der Waals surface area contributed by atoms with Crippen molar-refractivity contribution in [3.63, 3.8) is 0 Å². The summed E-state index contributed by atoms with van der Waals surface area (Å²) in [7, 11) is 0. The van der Waals surface area contributed by atoms with Gasteiger partial charge in [0.05, 0.1) is 0 Å². The Morgan fingerprint density at radius 2 is 1.78 bits per heavy atom. The third-order valence-corrected chi connectivity index (χ3v) is 5.23. The van der Waals surface area contributed by atoms with Crippen molar-refractivity contribution >= 4 is 23.1 Å². The number of nitrogens with one attached hydrogen (secondary N) is 2. The van der Waals surface area contributed by atoms with E-state index in [2.05, 4.69) is 46.5 Å². The molecule has 27 heavy (non-hydrogen) atoms. The number of rotatable bonds is 7. The van der Waals surface area contributed by atoms with Crippen LogP contribution in [-0.4, -0.2) is 30.0 Å². The highest BCUT2D eigenvalue weighted by atomic mass is 16.1. The second-order valence-electron chi connectivity index (χ2n) is 7.08. The number of nitrogens with zero attached hydrogens (tertiary/aromatic N) is 2. The molecule has 1 aliphatic carbocycles. The Balaban J connectivity index is 1.64. The van der Waals surface area contributed by atoms with Crippen LogP contribution in [0.15, 0.2) is 42.6 Å². The molecule has 1 heterocycles. The zero-order valence-corrected chi connectivity index (χ0v) is 16.4. The van der Waals surface area contributed by atoms with E-state index >= 15 is 0 Å². The van der Waals surface area contributed by atoms with Crippen LogP contribution in [0.2, 0.25) is 0 Å². The highest BCUT2D eigenvalue weighted by molar-refractivity contribution is 5.95. The molecule has 3 rings (SSSR count). The molecule has 1 aromatic heterocycles. The van der Waals surface area contributed by atoms with Crippen molar-refractivity contribution in [3.8, 4) is 0 Å². The second-order valence-corrected chi connectivity index (χ2v) is 7.08. The van der Waals surface area contributed by atoms with Crippen molar-refractivity contribution in [3.05, 3.63) is 48.2 Å². The topological polar surface area (TPSA) is 57.3 Å². The number of hydrogen-bond donors (Lipinski definition) is 2. The predicted molar refractivity (Wildman–Crippen MR) is 112 cm³/mol. The standard InChI is InChI=1S/C22H30N4O/c1-3-26(4-2)20-12-10-19(11-13-20)24-21-16-17(14-15-23-21)22(27)25-18-8-6-5-7-9-18/h10-16,18H,3-9H2,1-2H3,(H,23,24)(H,25,27). The maximum atomic E-state index is 12.5. The highest BCUT2D eigenvalue weighted by Gasteiger charge is 2.17. The molecule has 1 saturated carbocycles. The predicted octanol–water partition coefficient (Wildman–Crippen LogP) is 4.73. The van der Waals surface area contributed by atoms with Gasteiger partial charge in [-0.3, -0.25) is 4.79 Å². The number of carbonyl (C=O) groups excluding carboxylic acids is 1. The number of carbonyl (C=O) groups is 1. The first-order valence-corrected chi connectivity index (χ1v) is 10.1. The van der Waals surface area contributed by atoms with Crippen molar-refractivity contribution in [2.45, 2.75) is 52.0 Å². The van der Waals surface area contributed by atoms with Crippen LogP contribution in [0.1, 0.15) is 56.3 Å². The quantitative estimate of drug-likeness (QED) is 0.743. The number of amides is 1. The van der Waals surface area contributed by atoms with Gasteiger partial charge in [-0.25, -0.2) is 4.98 Å². The van der Waals surface area contributed by atoms with Crippen LogP contribution in [0.25, 0.3) is 0 Å². The van der Waals surface area contributed by atoms with Crippen LogP contribution in [0, 0.1) is 0 Å². The van der Waals surface area contributed by atoms with Crippen molar-refractivity contribution in [1.82, 2.24) is 10.3 Å². The Hall–Kier alpha value is -2.56. The molecular weight excluding hydrogens is 336 g/mol. The van der Waals surface area contributed by atoms with Crippen LogP contribution in [0.4, 0.5) is 17.2 Å². The lowest BCUT2D eigenvalue weighted by molar-refractivity contribution is 0.0927. The first-order valence-electron chi connectivity index (χ1n) is 10.1. The lowest BCUT2D eigenvalue weighted by atomic mass is 9.95. The smallest absolute Gasteiger partial charge is 0.251 e. The van der Waals surface area contributed by atoms with Gasteiger partial charge >= 0.3 is 0 Å². The van der Waals surface area contributed by atoms with Crippen LogP contribution in [0.3, 0.4) is 0 Å².